The van der Waals surface area contributed by atoms with Crippen LogP contribution >= 0.6 is 0 Å². The predicted octanol–water partition coefficient (Wildman–Crippen LogP) is 7.81. The van der Waals surface area contributed by atoms with Crippen molar-refractivity contribution in [3.8, 4) is 11.5 Å². The van der Waals surface area contributed by atoms with Gasteiger partial charge in [-0.3, -0.25) is 0 Å². The second-order valence-corrected chi connectivity index (χ2v) is 12.5. The Balaban J connectivity index is 3.28. The van der Waals surface area contributed by atoms with E-state index in [9.17, 15) is 14.7 Å². The molecule has 0 aliphatic rings. The Kier molecular flexibility index (Phi) is 12.3. The SMILES string of the molecule is CCOC(=O)c1cc(OCCC(C)CC(C)(C)C)c(C(=O)O)c(CC)c1OCCC(C)CC(C)(C)C. The van der Waals surface area contributed by atoms with Crippen LogP contribution in [0.25, 0.3) is 0 Å². The number of hydrogen-bond donors (Lipinski definition) is 1. The van der Waals surface area contributed by atoms with E-state index in [0.29, 0.717) is 42.8 Å². The van der Waals surface area contributed by atoms with Gasteiger partial charge in [0.05, 0.1) is 19.8 Å². The number of carbonyl (C=O) groups excluding carboxylic acids is 1. The van der Waals surface area contributed by atoms with E-state index in [2.05, 4.69) is 55.4 Å². The molecule has 0 aromatic heterocycles. The molecule has 0 aliphatic carbocycles. The van der Waals surface area contributed by atoms with Crippen molar-refractivity contribution in [3.05, 3.63) is 22.8 Å². The summed E-state index contributed by atoms with van der Waals surface area (Å²) >= 11 is 0. The molecule has 1 aromatic carbocycles. The van der Waals surface area contributed by atoms with E-state index >= 15 is 0 Å². The lowest BCUT2D eigenvalue weighted by molar-refractivity contribution is 0.0518. The van der Waals surface area contributed by atoms with Crippen molar-refractivity contribution in [1.82, 2.24) is 0 Å². The minimum Gasteiger partial charge on any atom is -0.493 e. The molecule has 0 saturated heterocycles. The maximum absolute atomic E-state index is 12.9. The lowest BCUT2D eigenvalue weighted by Crippen LogP contribution is -2.18. The van der Waals surface area contributed by atoms with E-state index in [1.54, 1.807) is 6.92 Å². The molecule has 0 amide bonds. The second kappa shape index (κ2) is 13.9. The van der Waals surface area contributed by atoms with Crippen LogP contribution in [0.2, 0.25) is 0 Å². The Morgan fingerprint density at radius 3 is 1.81 bits per heavy atom. The van der Waals surface area contributed by atoms with Crippen LogP contribution in [-0.2, 0) is 11.2 Å². The first-order valence-corrected chi connectivity index (χ1v) is 13.5. The first-order chi connectivity index (χ1) is 16.6. The molecule has 206 valence electrons. The van der Waals surface area contributed by atoms with Crippen molar-refractivity contribution in [2.75, 3.05) is 19.8 Å². The lowest BCUT2D eigenvalue weighted by Gasteiger charge is -2.25. The molecule has 6 heteroatoms. The molecule has 1 aromatic rings. The van der Waals surface area contributed by atoms with Gasteiger partial charge in [0.15, 0.2) is 0 Å². The summed E-state index contributed by atoms with van der Waals surface area (Å²) in [6.07, 6.45) is 4.06. The van der Waals surface area contributed by atoms with Gasteiger partial charge >= 0.3 is 11.9 Å². The smallest absolute Gasteiger partial charge is 0.342 e. The normalized spacial score (nSPS) is 13.7. The first-order valence-electron chi connectivity index (χ1n) is 13.5. The fraction of sp³-hybridized carbons (Fsp3) is 0.733. The number of carboxylic acids is 1. The summed E-state index contributed by atoms with van der Waals surface area (Å²) in [5.74, 6) is -0.286. The zero-order chi connectivity index (χ0) is 27.7. The number of hydrogen-bond acceptors (Lipinski definition) is 5. The molecular weight excluding hydrogens is 456 g/mol. The van der Waals surface area contributed by atoms with Crippen LogP contribution in [0.5, 0.6) is 11.5 Å². The summed E-state index contributed by atoms with van der Waals surface area (Å²) in [4.78, 5) is 25.2. The molecule has 2 unspecified atom stereocenters. The van der Waals surface area contributed by atoms with Gasteiger partial charge in [-0.1, -0.05) is 62.3 Å². The average Bonchev–Trinajstić information content (AvgIpc) is 2.70. The topological polar surface area (TPSA) is 82.1 Å². The minimum absolute atomic E-state index is 0.0618. The zero-order valence-electron chi connectivity index (χ0n) is 24.4. The molecule has 6 nitrogen and oxygen atoms in total. The molecule has 2 atom stereocenters. The van der Waals surface area contributed by atoms with Crippen LogP contribution < -0.4 is 9.47 Å². The van der Waals surface area contributed by atoms with Gasteiger partial charge in [-0.15, -0.1) is 0 Å². The minimum atomic E-state index is -1.09. The molecule has 1 N–H and O–H groups in total. The van der Waals surface area contributed by atoms with Gasteiger partial charge in [-0.25, -0.2) is 9.59 Å². The highest BCUT2D eigenvalue weighted by molar-refractivity contribution is 5.99. The number of carboxylic acid groups (broad SMARTS) is 1. The highest BCUT2D eigenvalue weighted by Gasteiger charge is 2.28. The quantitative estimate of drug-likeness (QED) is 0.259. The summed E-state index contributed by atoms with van der Waals surface area (Å²) in [5, 5.41) is 10.1. The number of rotatable bonds is 14. The molecule has 0 fully saturated rings. The van der Waals surface area contributed by atoms with E-state index in [1.165, 1.54) is 6.07 Å². The van der Waals surface area contributed by atoms with Crippen LogP contribution in [-0.4, -0.2) is 36.9 Å². The van der Waals surface area contributed by atoms with E-state index in [0.717, 1.165) is 25.7 Å². The lowest BCUT2D eigenvalue weighted by atomic mass is 9.84. The van der Waals surface area contributed by atoms with Crippen molar-refractivity contribution in [2.24, 2.45) is 22.7 Å². The number of aromatic carboxylic acids is 1. The third-order valence-electron chi connectivity index (χ3n) is 6.05. The fourth-order valence-corrected chi connectivity index (χ4v) is 4.93. The van der Waals surface area contributed by atoms with Crippen molar-refractivity contribution in [1.29, 1.82) is 0 Å². The molecule has 36 heavy (non-hydrogen) atoms. The third kappa shape index (κ3) is 10.8. The maximum atomic E-state index is 12.9. The van der Waals surface area contributed by atoms with Gasteiger partial charge < -0.3 is 19.3 Å². The molecular formula is C30H50O6. The van der Waals surface area contributed by atoms with Gasteiger partial charge in [-0.05, 0) is 67.8 Å². The van der Waals surface area contributed by atoms with Gasteiger partial charge in [0.1, 0.15) is 22.6 Å². The van der Waals surface area contributed by atoms with Crippen LogP contribution in [0.1, 0.15) is 121 Å². The molecule has 0 aliphatic heterocycles. The maximum Gasteiger partial charge on any atom is 0.342 e. The third-order valence-corrected chi connectivity index (χ3v) is 6.05. The number of ether oxygens (including phenoxy) is 3. The summed E-state index contributed by atoms with van der Waals surface area (Å²) < 4.78 is 17.4. The Morgan fingerprint density at radius 2 is 1.39 bits per heavy atom. The van der Waals surface area contributed by atoms with Crippen LogP contribution in [0.15, 0.2) is 6.07 Å². The van der Waals surface area contributed by atoms with Gasteiger partial charge in [0.2, 0.25) is 0 Å². The Bertz CT molecular complexity index is 860. The molecule has 0 heterocycles. The standard InChI is InChI=1S/C30H50O6/c1-11-22-25(27(31)32)24(35-15-13-20(3)18-29(5,6)7)17-23(28(33)34-12-2)26(22)36-16-14-21(4)19-30(8,9)10/h17,20-21H,11-16,18-19H2,1-10H3,(H,31,32). The molecule has 0 saturated carbocycles. The molecule has 0 radical (unpaired) electrons. The fourth-order valence-electron chi connectivity index (χ4n) is 4.93. The Labute approximate surface area is 219 Å². The largest absolute Gasteiger partial charge is 0.493 e. The van der Waals surface area contributed by atoms with Crippen LogP contribution in [0.3, 0.4) is 0 Å². The highest BCUT2D eigenvalue weighted by atomic mass is 16.5. The van der Waals surface area contributed by atoms with Gasteiger partial charge in [0.25, 0.3) is 0 Å². The summed E-state index contributed by atoms with van der Waals surface area (Å²) in [6.45, 7) is 22.2. The monoisotopic (exact) mass is 506 g/mol. The van der Waals surface area contributed by atoms with E-state index in [-0.39, 0.29) is 34.3 Å². The second-order valence-electron chi connectivity index (χ2n) is 12.5. The van der Waals surface area contributed by atoms with Crippen LogP contribution in [0.4, 0.5) is 0 Å². The summed E-state index contributed by atoms with van der Waals surface area (Å²) in [5.41, 5.74) is 1.17. The Morgan fingerprint density at radius 1 is 0.889 bits per heavy atom. The first kappa shape index (κ1) is 31.8. The summed E-state index contributed by atoms with van der Waals surface area (Å²) in [7, 11) is 0. The Hall–Kier alpha value is -2.24. The van der Waals surface area contributed by atoms with Crippen molar-refractivity contribution in [2.45, 2.75) is 101 Å². The predicted molar refractivity (Wildman–Crippen MR) is 145 cm³/mol. The van der Waals surface area contributed by atoms with E-state index < -0.39 is 11.9 Å². The average molecular weight is 507 g/mol. The van der Waals surface area contributed by atoms with Gasteiger partial charge in [-0.2, -0.15) is 0 Å². The highest BCUT2D eigenvalue weighted by Crippen LogP contribution is 2.37. The molecule has 0 spiro atoms. The van der Waals surface area contributed by atoms with Gasteiger partial charge in [0, 0.05) is 5.56 Å². The van der Waals surface area contributed by atoms with E-state index in [4.69, 9.17) is 14.2 Å². The molecule has 1 rings (SSSR count). The molecule has 0 bridgehead atoms. The number of esters is 1. The van der Waals surface area contributed by atoms with Crippen LogP contribution in [0, 0.1) is 22.7 Å². The summed E-state index contributed by atoms with van der Waals surface area (Å²) in [6, 6.07) is 1.49. The number of carbonyl (C=O) groups is 2. The van der Waals surface area contributed by atoms with Crippen molar-refractivity contribution in [3.63, 3.8) is 0 Å². The van der Waals surface area contributed by atoms with E-state index in [1.807, 2.05) is 6.92 Å². The number of benzene rings is 1. The van der Waals surface area contributed by atoms with Crippen molar-refractivity contribution >= 4 is 11.9 Å². The zero-order valence-corrected chi connectivity index (χ0v) is 24.4. The van der Waals surface area contributed by atoms with Crippen molar-refractivity contribution < 1.29 is 28.9 Å².